The molecule has 4 rings (SSSR count). The molecule has 0 saturated carbocycles. The van der Waals surface area contributed by atoms with Crippen molar-refractivity contribution in [1.82, 2.24) is 18.7 Å². The van der Waals surface area contributed by atoms with Gasteiger partial charge >= 0.3 is 5.69 Å². The molecule has 3 heterocycles. The van der Waals surface area contributed by atoms with E-state index in [2.05, 4.69) is 4.98 Å². The number of ether oxygens (including phenoxy) is 1. The largest absolute Gasteiger partial charge is 0.497 e. The first-order valence-electron chi connectivity index (χ1n) is 9.29. The van der Waals surface area contributed by atoms with Gasteiger partial charge in [0.1, 0.15) is 5.75 Å². The summed E-state index contributed by atoms with van der Waals surface area (Å²) in [6.07, 6.45) is 1.20. The van der Waals surface area contributed by atoms with Gasteiger partial charge in [0.15, 0.2) is 11.2 Å². The summed E-state index contributed by atoms with van der Waals surface area (Å²) in [6.45, 7) is 1.53. The zero-order valence-electron chi connectivity index (χ0n) is 16.0. The van der Waals surface area contributed by atoms with Crippen LogP contribution in [0.5, 0.6) is 5.75 Å². The molecule has 1 aromatic carbocycles. The van der Waals surface area contributed by atoms with Gasteiger partial charge in [-0.25, -0.2) is 4.79 Å². The fourth-order valence-corrected chi connectivity index (χ4v) is 3.70. The maximum atomic E-state index is 13.0. The quantitative estimate of drug-likeness (QED) is 0.699. The molecule has 0 fully saturated rings. The van der Waals surface area contributed by atoms with Crippen molar-refractivity contribution in [3.63, 3.8) is 0 Å². The number of aryl methyl sites for hydroxylation is 2. The molecular formula is C19H23N5O4. The summed E-state index contributed by atoms with van der Waals surface area (Å²) in [5.41, 5.74) is 0.973. The second kappa shape index (κ2) is 7.16. The lowest BCUT2D eigenvalue weighted by Gasteiger charge is -2.29. The maximum absolute atomic E-state index is 13.0. The number of fused-ring (bicyclic) bond motifs is 3. The molecule has 0 bridgehead atoms. The molecule has 148 valence electrons. The number of rotatable bonds is 5. The fourth-order valence-electron chi connectivity index (χ4n) is 3.70. The van der Waals surface area contributed by atoms with Crippen molar-refractivity contribution in [3.8, 4) is 5.75 Å². The van der Waals surface area contributed by atoms with E-state index in [-0.39, 0.29) is 18.7 Å². The van der Waals surface area contributed by atoms with E-state index in [1.807, 2.05) is 33.7 Å². The van der Waals surface area contributed by atoms with Crippen molar-refractivity contribution in [3.05, 3.63) is 45.1 Å². The number of imidazole rings is 1. The summed E-state index contributed by atoms with van der Waals surface area (Å²) in [5.74, 6) is 1.42. The molecule has 0 aliphatic carbocycles. The maximum Gasteiger partial charge on any atom is 0.332 e. The first-order valence-corrected chi connectivity index (χ1v) is 9.29. The molecule has 2 aromatic heterocycles. The van der Waals surface area contributed by atoms with Crippen molar-refractivity contribution in [2.75, 3.05) is 25.2 Å². The van der Waals surface area contributed by atoms with E-state index in [1.54, 1.807) is 14.2 Å². The van der Waals surface area contributed by atoms with E-state index in [1.165, 1.54) is 9.13 Å². The number of hydrogen-bond donors (Lipinski definition) is 1. The summed E-state index contributed by atoms with van der Waals surface area (Å²) in [5, 5.41) is 9.08. The molecule has 9 nitrogen and oxygen atoms in total. The molecule has 0 spiro atoms. The number of aliphatic hydroxyl groups excluding tert-OH is 1. The van der Waals surface area contributed by atoms with E-state index in [9.17, 15) is 9.59 Å². The average Bonchev–Trinajstić information content (AvgIpc) is 3.12. The lowest BCUT2D eigenvalue weighted by molar-refractivity contribution is 0.277. The van der Waals surface area contributed by atoms with Gasteiger partial charge in [-0.2, -0.15) is 4.98 Å². The number of anilines is 2. The fraction of sp³-hybridized carbons (Fsp3) is 0.421. The van der Waals surface area contributed by atoms with Crippen LogP contribution in [0.1, 0.15) is 12.8 Å². The van der Waals surface area contributed by atoms with Crippen LogP contribution in [0.4, 0.5) is 11.6 Å². The SMILES string of the molecule is COc1ccc(N2CCCn3c2nc2c3c(=O)n(CCCO)c(=O)n2C)cc1. The third kappa shape index (κ3) is 2.78. The number of aliphatic hydroxyl groups is 1. The Balaban J connectivity index is 1.90. The standard InChI is InChI=1S/C19H23N5O4/c1-21-16-15(17(26)24(19(21)27)11-4-12-25)23-10-3-9-22(18(23)20-16)13-5-7-14(28-2)8-6-13/h5-8,25H,3-4,9-12H2,1-2H3. The Morgan fingerprint density at radius 2 is 1.93 bits per heavy atom. The highest BCUT2D eigenvalue weighted by Gasteiger charge is 2.26. The number of hydrogen-bond acceptors (Lipinski definition) is 6. The Labute approximate surface area is 161 Å². The summed E-state index contributed by atoms with van der Waals surface area (Å²) in [6, 6.07) is 7.67. The summed E-state index contributed by atoms with van der Waals surface area (Å²) < 4.78 is 9.70. The van der Waals surface area contributed by atoms with Gasteiger partial charge in [-0.3, -0.25) is 13.9 Å². The zero-order chi connectivity index (χ0) is 19.8. The van der Waals surface area contributed by atoms with Crippen molar-refractivity contribution < 1.29 is 9.84 Å². The summed E-state index contributed by atoms with van der Waals surface area (Å²) in [4.78, 5) is 32.4. The number of benzene rings is 1. The van der Waals surface area contributed by atoms with Crippen LogP contribution < -0.4 is 20.9 Å². The highest BCUT2D eigenvalue weighted by atomic mass is 16.5. The molecule has 1 N–H and O–H groups in total. The first kappa shape index (κ1) is 18.3. The molecule has 28 heavy (non-hydrogen) atoms. The summed E-state index contributed by atoms with van der Waals surface area (Å²) >= 11 is 0. The van der Waals surface area contributed by atoms with Gasteiger partial charge in [0.2, 0.25) is 5.95 Å². The predicted octanol–water partition coefficient (Wildman–Crippen LogP) is 0.829. The Kier molecular flexibility index (Phi) is 4.68. The highest BCUT2D eigenvalue weighted by molar-refractivity contribution is 5.77. The lowest BCUT2D eigenvalue weighted by atomic mass is 10.2. The van der Waals surface area contributed by atoms with Crippen LogP contribution in [0.15, 0.2) is 33.9 Å². The van der Waals surface area contributed by atoms with Gasteiger partial charge < -0.3 is 19.3 Å². The Morgan fingerprint density at radius 3 is 2.61 bits per heavy atom. The Morgan fingerprint density at radius 1 is 1.18 bits per heavy atom. The van der Waals surface area contributed by atoms with E-state index in [0.717, 1.165) is 24.4 Å². The molecule has 1 aliphatic rings. The minimum Gasteiger partial charge on any atom is -0.497 e. The van der Waals surface area contributed by atoms with E-state index in [4.69, 9.17) is 9.84 Å². The molecule has 0 atom stereocenters. The Bertz CT molecular complexity index is 1130. The predicted molar refractivity (Wildman–Crippen MR) is 106 cm³/mol. The third-order valence-corrected chi connectivity index (χ3v) is 5.14. The third-order valence-electron chi connectivity index (χ3n) is 5.14. The van der Waals surface area contributed by atoms with Gasteiger partial charge in [-0.1, -0.05) is 0 Å². The van der Waals surface area contributed by atoms with Crippen molar-refractivity contribution >= 4 is 22.8 Å². The summed E-state index contributed by atoms with van der Waals surface area (Å²) in [7, 11) is 3.24. The second-order valence-corrected chi connectivity index (χ2v) is 6.81. The van der Waals surface area contributed by atoms with Crippen LogP contribution in [0.3, 0.4) is 0 Å². The van der Waals surface area contributed by atoms with Gasteiger partial charge in [-0.15, -0.1) is 0 Å². The smallest absolute Gasteiger partial charge is 0.332 e. The lowest BCUT2D eigenvalue weighted by Crippen LogP contribution is -2.40. The van der Waals surface area contributed by atoms with Crippen molar-refractivity contribution in [2.24, 2.45) is 7.05 Å². The van der Waals surface area contributed by atoms with Crippen LogP contribution in [-0.2, 0) is 20.1 Å². The Hall–Kier alpha value is -3.07. The van der Waals surface area contributed by atoms with Gasteiger partial charge in [0, 0.05) is 39.0 Å². The van der Waals surface area contributed by atoms with Crippen LogP contribution in [0.2, 0.25) is 0 Å². The van der Waals surface area contributed by atoms with Gasteiger partial charge in [0.25, 0.3) is 5.56 Å². The van der Waals surface area contributed by atoms with E-state index in [0.29, 0.717) is 30.1 Å². The first-order chi connectivity index (χ1) is 13.6. The molecule has 0 amide bonds. The van der Waals surface area contributed by atoms with Crippen LogP contribution in [-0.4, -0.2) is 44.1 Å². The zero-order valence-corrected chi connectivity index (χ0v) is 16.0. The minimum absolute atomic E-state index is 0.0800. The van der Waals surface area contributed by atoms with Crippen LogP contribution >= 0.6 is 0 Å². The molecular weight excluding hydrogens is 362 g/mol. The topological polar surface area (TPSA) is 94.5 Å². The van der Waals surface area contributed by atoms with Crippen LogP contribution in [0.25, 0.3) is 11.2 Å². The second-order valence-electron chi connectivity index (χ2n) is 6.81. The van der Waals surface area contributed by atoms with Crippen LogP contribution in [0, 0.1) is 0 Å². The number of methoxy groups -OCH3 is 1. The molecule has 1 aliphatic heterocycles. The average molecular weight is 385 g/mol. The normalized spacial score (nSPS) is 13.8. The van der Waals surface area contributed by atoms with Gasteiger partial charge in [-0.05, 0) is 37.1 Å². The van der Waals surface area contributed by atoms with Gasteiger partial charge in [0.05, 0.1) is 7.11 Å². The van der Waals surface area contributed by atoms with Crippen molar-refractivity contribution in [1.29, 1.82) is 0 Å². The number of aromatic nitrogens is 4. The molecule has 0 unspecified atom stereocenters. The highest BCUT2D eigenvalue weighted by Crippen LogP contribution is 2.31. The van der Waals surface area contributed by atoms with E-state index < -0.39 is 5.69 Å². The van der Waals surface area contributed by atoms with Crippen molar-refractivity contribution in [2.45, 2.75) is 25.9 Å². The molecule has 0 saturated heterocycles. The number of nitrogens with zero attached hydrogens (tertiary/aromatic N) is 5. The molecule has 3 aromatic rings. The minimum atomic E-state index is -0.419. The molecule has 0 radical (unpaired) electrons. The van der Waals surface area contributed by atoms with E-state index >= 15 is 0 Å². The monoisotopic (exact) mass is 385 g/mol. The molecule has 9 heteroatoms.